The molecule has 0 rings (SSSR count). The van der Waals surface area contributed by atoms with Crippen LogP contribution in [0.15, 0.2) is 12.2 Å². The van der Waals surface area contributed by atoms with Crippen LogP contribution in [-0.4, -0.2) is 15.7 Å². The van der Waals surface area contributed by atoms with Gasteiger partial charge in [0.15, 0.2) is 0 Å². The average molecular weight is 170 g/mol. The van der Waals surface area contributed by atoms with E-state index in [9.17, 15) is 4.79 Å². The summed E-state index contributed by atoms with van der Waals surface area (Å²) in [6.07, 6.45) is 2.28. The highest BCUT2D eigenvalue weighted by Gasteiger charge is 2.02. The molecule has 2 radical (unpaired) electrons. The standard InChI is InChI=1S/C8H14O2Si/c1-4-5-6-11-10-8(9)7(2)3/h2,4-6H2,1,3H3. The Morgan fingerprint density at radius 3 is 2.73 bits per heavy atom. The second kappa shape index (κ2) is 6.16. The van der Waals surface area contributed by atoms with Gasteiger partial charge in [-0.2, -0.15) is 0 Å². The Hall–Kier alpha value is -0.573. The van der Waals surface area contributed by atoms with E-state index in [0.717, 1.165) is 18.9 Å². The van der Waals surface area contributed by atoms with Crippen LogP contribution in [0, 0.1) is 0 Å². The van der Waals surface area contributed by atoms with Gasteiger partial charge >= 0.3 is 15.7 Å². The van der Waals surface area contributed by atoms with Crippen LogP contribution < -0.4 is 0 Å². The Kier molecular flexibility index (Phi) is 5.84. The quantitative estimate of drug-likeness (QED) is 0.358. The number of rotatable bonds is 5. The van der Waals surface area contributed by atoms with E-state index in [1.54, 1.807) is 6.92 Å². The van der Waals surface area contributed by atoms with Crippen molar-refractivity contribution in [3.63, 3.8) is 0 Å². The number of unbranched alkanes of at least 4 members (excludes halogenated alkanes) is 1. The topological polar surface area (TPSA) is 26.3 Å². The van der Waals surface area contributed by atoms with E-state index >= 15 is 0 Å². The summed E-state index contributed by atoms with van der Waals surface area (Å²) in [4.78, 5) is 10.8. The Morgan fingerprint density at radius 1 is 1.64 bits per heavy atom. The largest absolute Gasteiger partial charge is 0.513 e. The van der Waals surface area contributed by atoms with Gasteiger partial charge in [-0.05, 0) is 13.0 Å². The van der Waals surface area contributed by atoms with Crippen LogP contribution in [0.5, 0.6) is 0 Å². The molecule has 0 aromatic rings. The molecule has 0 fully saturated rings. The summed E-state index contributed by atoms with van der Waals surface area (Å²) in [6, 6.07) is 0.982. The lowest BCUT2D eigenvalue weighted by molar-refractivity contribution is -0.130. The van der Waals surface area contributed by atoms with Crippen LogP contribution in [0.2, 0.25) is 6.04 Å². The monoisotopic (exact) mass is 170 g/mol. The maximum absolute atomic E-state index is 10.8. The molecule has 3 heteroatoms. The van der Waals surface area contributed by atoms with Gasteiger partial charge in [-0.15, -0.1) is 0 Å². The molecule has 0 aliphatic carbocycles. The van der Waals surface area contributed by atoms with Crippen LogP contribution in [0.4, 0.5) is 0 Å². The molecule has 2 nitrogen and oxygen atoms in total. The zero-order chi connectivity index (χ0) is 8.69. The summed E-state index contributed by atoms with van der Waals surface area (Å²) < 4.78 is 4.89. The number of carbonyl (C=O) groups excluding carboxylic acids is 1. The molecular weight excluding hydrogens is 156 g/mol. The summed E-state index contributed by atoms with van der Waals surface area (Å²) in [5.41, 5.74) is 0.481. The van der Waals surface area contributed by atoms with E-state index in [1.165, 1.54) is 0 Å². The summed E-state index contributed by atoms with van der Waals surface area (Å²) >= 11 is 0. The first-order chi connectivity index (χ1) is 5.18. The molecule has 0 N–H and O–H groups in total. The van der Waals surface area contributed by atoms with Crippen LogP contribution in [-0.2, 0) is 9.22 Å². The van der Waals surface area contributed by atoms with E-state index in [-0.39, 0.29) is 5.97 Å². The van der Waals surface area contributed by atoms with E-state index < -0.39 is 0 Å². The maximum Gasteiger partial charge on any atom is 0.319 e. The lowest BCUT2D eigenvalue weighted by Crippen LogP contribution is -2.08. The number of hydrogen-bond acceptors (Lipinski definition) is 2. The van der Waals surface area contributed by atoms with Crippen LogP contribution >= 0.6 is 0 Å². The summed E-state index contributed by atoms with van der Waals surface area (Å²) in [5, 5.41) is 0. The molecule has 0 bridgehead atoms. The normalized spacial score (nSPS) is 9.27. The van der Waals surface area contributed by atoms with Crippen molar-refractivity contribution in [3.8, 4) is 0 Å². The highest BCUT2D eigenvalue weighted by molar-refractivity contribution is 6.31. The number of carbonyl (C=O) groups is 1. The molecular formula is C8H14O2Si. The Labute approximate surface area is 70.6 Å². The van der Waals surface area contributed by atoms with Crippen molar-refractivity contribution in [2.45, 2.75) is 32.7 Å². The predicted molar refractivity (Wildman–Crippen MR) is 46.4 cm³/mol. The molecule has 62 valence electrons. The first-order valence-corrected chi connectivity index (χ1v) is 4.89. The Balaban J connectivity index is 3.25. The Morgan fingerprint density at radius 2 is 2.27 bits per heavy atom. The van der Waals surface area contributed by atoms with Crippen molar-refractivity contribution in [2.24, 2.45) is 0 Å². The Bertz CT molecular complexity index is 143. The molecule has 0 aliphatic rings. The second-order valence-electron chi connectivity index (χ2n) is 2.42. The van der Waals surface area contributed by atoms with E-state index in [4.69, 9.17) is 4.43 Å². The minimum atomic E-state index is -0.264. The second-order valence-corrected chi connectivity index (χ2v) is 3.41. The van der Waals surface area contributed by atoms with Crippen LogP contribution in [0.3, 0.4) is 0 Å². The van der Waals surface area contributed by atoms with Crippen molar-refractivity contribution in [1.29, 1.82) is 0 Å². The zero-order valence-electron chi connectivity index (χ0n) is 7.14. The molecule has 0 aromatic heterocycles. The van der Waals surface area contributed by atoms with Gasteiger partial charge < -0.3 is 4.43 Å². The lowest BCUT2D eigenvalue weighted by Gasteiger charge is -2.00. The molecule has 0 unspecified atom stereocenters. The van der Waals surface area contributed by atoms with Crippen LogP contribution in [0.1, 0.15) is 26.7 Å². The zero-order valence-corrected chi connectivity index (χ0v) is 8.14. The van der Waals surface area contributed by atoms with Crippen molar-refractivity contribution >= 4 is 15.7 Å². The minimum Gasteiger partial charge on any atom is -0.513 e. The molecule has 0 aliphatic heterocycles. The molecule has 0 heterocycles. The van der Waals surface area contributed by atoms with Gasteiger partial charge in [0, 0.05) is 5.57 Å². The van der Waals surface area contributed by atoms with Gasteiger partial charge in [0.05, 0.1) is 0 Å². The summed E-state index contributed by atoms with van der Waals surface area (Å²) in [5.74, 6) is -0.264. The molecule has 0 aromatic carbocycles. The van der Waals surface area contributed by atoms with Gasteiger partial charge in [-0.3, -0.25) is 0 Å². The van der Waals surface area contributed by atoms with Crippen LogP contribution in [0.25, 0.3) is 0 Å². The molecule has 0 spiro atoms. The minimum absolute atomic E-state index is 0.264. The third-order valence-corrected chi connectivity index (χ3v) is 2.03. The molecule has 0 amide bonds. The van der Waals surface area contributed by atoms with E-state index in [0.29, 0.717) is 15.3 Å². The van der Waals surface area contributed by atoms with Crippen molar-refractivity contribution in [2.75, 3.05) is 0 Å². The fourth-order valence-electron chi connectivity index (χ4n) is 0.453. The third kappa shape index (κ3) is 5.85. The first kappa shape index (κ1) is 10.4. The fraction of sp³-hybridized carbons (Fsp3) is 0.625. The fourth-order valence-corrected chi connectivity index (χ4v) is 1.36. The van der Waals surface area contributed by atoms with Gasteiger partial charge in [0.25, 0.3) is 0 Å². The maximum atomic E-state index is 10.8. The van der Waals surface area contributed by atoms with Gasteiger partial charge in [-0.1, -0.05) is 26.3 Å². The third-order valence-electron chi connectivity index (χ3n) is 1.15. The lowest BCUT2D eigenvalue weighted by atomic mass is 10.4. The molecule has 0 saturated heterocycles. The highest BCUT2D eigenvalue weighted by atomic mass is 28.2. The molecule has 11 heavy (non-hydrogen) atoms. The highest BCUT2D eigenvalue weighted by Crippen LogP contribution is 1.96. The first-order valence-electron chi connectivity index (χ1n) is 3.78. The van der Waals surface area contributed by atoms with Crippen molar-refractivity contribution < 1.29 is 9.22 Å². The summed E-state index contributed by atoms with van der Waals surface area (Å²) in [7, 11) is 0.302. The number of hydrogen-bond donors (Lipinski definition) is 0. The van der Waals surface area contributed by atoms with Crippen molar-refractivity contribution in [1.82, 2.24) is 0 Å². The van der Waals surface area contributed by atoms with E-state index in [2.05, 4.69) is 13.5 Å². The predicted octanol–water partition coefficient (Wildman–Crippen LogP) is 1.94. The average Bonchev–Trinajstić information content (AvgIpc) is 1.97. The van der Waals surface area contributed by atoms with Gasteiger partial charge in [-0.25, -0.2) is 4.79 Å². The smallest absolute Gasteiger partial charge is 0.319 e. The van der Waals surface area contributed by atoms with Crippen molar-refractivity contribution in [3.05, 3.63) is 12.2 Å². The molecule has 0 atom stereocenters. The summed E-state index contributed by atoms with van der Waals surface area (Å²) in [6.45, 7) is 7.26. The molecule has 0 saturated carbocycles. The van der Waals surface area contributed by atoms with Gasteiger partial charge in [0.2, 0.25) is 0 Å². The van der Waals surface area contributed by atoms with Gasteiger partial charge in [0.1, 0.15) is 0 Å². The SMILES string of the molecule is C=C(C)C(=O)O[Si]CCCC. The van der Waals surface area contributed by atoms with E-state index in [1.807, 2.05) is 0 Å².